The molecule has 34 heavy (non-hydrogen) atoms. The Morgan fingerprint density at radius 1 is 1.15 bits per heavy atom. The molecule has 0 saturated heterocycles. The summed E-state index contributed by atoms with van der Waals surface area (Å²) in [5.41, 5.74) is 2.81. The second-order valence-corrected chi connectivity index (χ2v) is 9.74. The summed E-state index contributed by atoms with van der Waals surface area (Å²) in [6.45, 7) is 2.64. The van der Waals surface area contributed by atoms with Crippen molar-refractivity contribution in [3.8, 4) is 17.6 Å². The van der Waals surface area contributed by atoms with Crippen LogP contribution in [0.2, 0.25) is 0 Å². The maximum atomic E-state index is 12.3. The average Bonchev–Trinajstić information content (AvgIpc) is 3.26. The van der Waals surface area contributed by atoms with Crippen molar-refractivity contribution in [1.29, 1.82) is 0 Å². The fourth-order valence-corrected chi connectivity index (χ4v) is 5.40. The lowest BCUT2D eigenvalue weighted by atomic mass is 10.1. The van der Waals surface area contributed by atoms with Gasteiger partial charge in [0.25, 0.3) is 5.91 Å². The Morgan fingerprint density at radius 2 is 1.94 bits per heavy atom. The molecule has 178 valence electrons. The van der Waals surface area contributed by atoms with Crippen molar-refractivity contribution in [2.24, 2.45) is 0 Å². The van der Waals surface area contributed by atoms with Crippen LogP contribution in [-0.4, -0.2) is 35.4 Å². The lowest BCUT2D eigenvalue weighted by molar-refractivity contribution is -0.128. The highest BCUT2D eigenvalue weighted by atomic mass is 32.2. The highest BCUT2D eigenvalue weighted by molar-refractivity contribution is 8.00. The molecule has 0 bridgehead atoms. The van der Waals surface area contributed by atoms with Gasteiger partial charge in [-0.3, -0.25) is 14.8 Å². The number of hydrogen-bond acceptors (Lipinski definition) is 6. The van der Waals surface area contributed by atoms with E-state index in [4.69, 9.17) is 9.94 Å². The highest BCUT2D eigenvalue weighted by Gasteiger charge is 2.19. The molecule has 0 saturated carbocycles. The number of nitrogens with one attached hydrogen (secondary N) is 2. The number of thiophene rings is 1. The second-order valence-electron chi connectivity index (χ2n) is 7.55. The zero-order valence-electron chi connectivity index (χ0n) is 19.0. The van der Waals surface area contributed by atoms with E-state index in [9.17, 15) is 9.59 Å². The van der Waals surface area contributed by atoms with Crippen LogP contribution >= 0.6 is 23.1 Å². The number of rotatable bonds is 12. The molecule has 1 heterocycles. The average molecular weight is 497 g/mol. The van der Waals surface area contributed by atoms with Gasteiger partial charge >= 0.3 is 0 Å². The van der Waals surface area contributed by atoms with E-state index in [0.717, 1.165) is 28.7 Å². The van der Waals surface area contributed by atoms with E-state index >= 15 is 0 Å². The van der Waals surface area contributed by atoms with Gasteiger partial charge in [-0.05, 0) is 66.4 Å². The predicted molar refractivity (Wildman–Crippen MR) is 137 cm³/mol. The van der Waals surface area contributed by atoms with E-state index in [0.29, 0.717) is 31.7 Å². The Labute approximate surface area is 208 Å². The summed E-state index contributed by atoms with van der Waals surface area (Å²) in [5.74, 6) is 5.89. The molecule has 1 aromatic heterocycles. The fourth-order valence-electron chi connectivity index (χ4n) is 3.37. The molecule has 2 amide bonds. The Balaban J connectivity index is 1.41. The van der Waals surface area contributed by atoms with E-state index in [-0.39, 0.29) is 5.91 Å². The first-order valence-corrected chi connectivity index (χ1v) is 12.8. The highest BCUT2D eigenvalue weighted by Crippen LogP contribution is 2.29. The van der Waals surface area contributed by atoms with Crippen molar-refractivity contribution >= 4 is 45.0 Å². The first-order valence-electron chi connectivity index (χ1n) is 11.1. The van der Waals surface area contributed by atoms with Crippen LogP contribution in [0.4, 0.5) is 0 Å². The standard InChI is InChI=1S/C26H28N2O4S2/c1-2-3-16-32-20-11-13-21(14-12-20)34-24(26(30)28-31)10-6-7-15-27-25(29)17-19-18-33-23-9-5-4-8-22(19)23/h4-5,8-9,11-14,18,24,31H,6-7,10,15-17H2,1H3,(H,27,29)(H,28,30). The number of benzene rings is 2. The van der Waals surface area contributed by atoms with Gasteiger partial charge in [-0.2, -0.15) is 0 Å². The van der Waals surface area contributed by atoms with Crippen molar-refractivity contribution in [1.82, 2.24) is 10.8 Å². The van der Waals surface area contributed by atoms with Crippen LogP contribution in [-0.2, 0) is 16.0 Å². The van der Waals surface area contributed by atoms with Crippen molar-refractivity contribution in [3.05, 3.63) is 59.5 Å². The van der Waals surface area contributed by atoms with E-state index in [2.05, 4.69) is 23.2 Å². The topological polar surface area (TPSA) is 87.7 Å². The molecule has 0 fully saturated rings. The van der Waals surface area contributed by atoms with E-state index < -0.39 is 11.2 Å². The summed E-state index contributed by atoms with van der Waals surface area (Å²) >= 11 is 3.03. The molecule has 1 atom stereocenters. The minimum Gasteiger partial charge on any atom is -0.481 e. The monoisotopic (exact) mass is 496 g/mol. The molecule has 0 aliphatic heterocycles. The molecule has 3 N–H and O–H groups in total. The van der Waals surface area contributed by atoms with Crippen molar-refractivity contribution in [3.63, 3.8) is 0 Å². The Kier molecular flexibility index (Phi) is 10.3. The van der Waals surface area contributed by atoms with Crippen molar-refractivity contribution in [2.75, 3.05) is 13.2 Å². The van der Waals surface area contributed by atoms with E-state index in [1.807, 2.05) is 47.8 Å². The van der Waals surface area contributed by atoms with Crippen LogP contribution in [0.25, 0.3) is 10.1 Å². The molecule has 0 aliphatic rings. The van der Waals surface area contributed by atoms with Crippen LogP contribution in [0, 0.1) is 11.8 Å². The third kappa shape index (κ3) is 7.80. The molecule has 3 rings (SSSR count). The third-order valence-corrected chi connectivity index (χ3v) is 7.41. The zero-order chi connectivity index (χ0) is 24.2. The van der Waals surface area contributed by atoms with Gasteiger partial charge in [0.15, 0.2) is 0 Å². The van der Waals surface area contributed by atoms with Gasteiger partial charge in [-0.1, -0.05) is 30.5 Å². The van der Waals surface area contributed by atoms with Gasteiger partial charge in [0.2, 0.25) is 5.91 Å². The largest absolute Gasteiger partial charge is 0.481 e. The zero-order valence-corrected chi connectivity index (χ0v) is 20.6. The second kappa shape index (κ2) is 13.7. The van der Waals surface area contributed by atoms with Gasteiger partial charge in [0.1, 0.15) is 12.4 Å². The smallest absolute Gasteiger partial charge is 0.256 e. The summed E-state index contributed by atoms with van der Waals surface area (Å²) in [4.78, 5) is 25.4. The number of amides is 2. The molecular weight excluding hydrogens is 468 g/mol. The third-order valence-electron chi connectivity index (χ3n) is 5.12. The molecule has 0 spiro atoms. The number of ether oxygens (including phenoxy) is 1. The maximum Gasteiger partial charge on any atom is 0.256 e. The molecule has 6 nitrogen and oxygen atoms in total. The van der Waals surface area contributed by atoms with Crippen LogP contribution in [0.3, 0.4) is 0 Å². The minimum atomic E-state index is -0.435. The number of fused-ring (bicyclic) bond motifs is 1. The minimum absolute atomic E-state index is 0.00481. The maximum absolute atomic E-state index is 12.3. The number of unbranched alkanes of at least 4 members (excludes halogenated alkanes) is 1. The summed E-state index contributed by atoms with van der Waals surface area (Å²) in [6, 6.07) is 15.5. The number of hydroxylamine groups is 1. The summed E-state index contributed by atoms with van der Waals surface area (Å²) in [5, 5.41) is 14.8. The van der Waals surface area contributed by atoms with Gasteiger partial charge in [0, 0.05) is 16.1 Å². The number of thioether (sulfide) groups is 1. The number of hydrogen-bond donors (Lipinski definition) is 3. The lowest BCUT2D eigenvalue weighted by Gasteiger charge is -2.15. The molecule has 0 aliphatic carbocycles. The van der Waals surface area contributed by atoms with Crippen LogP contribution in [0.1, 0.15) is 31.7 Å². The quantitative estimate of drug-likeness (QED) is 0.110. The predicted octanol–water partition coefficient (Wildman–Crippen LogP) is 4.80. The first kappa shape index (κ1) is 25.6. The molecule has 1 unspecified atom stereocenters. The SMILES string of the molecule is CC#CCOc1ccc(SC(CCCCNC(=O)Cc2csc3ccccc23)C(=O)NO)cc1. The summed E-state index contributed by atoms with van der Waals surface area (Å²) in [6.07, 6.45) is 2.42. The Morgan fingerprint density at radius 3 is 2.71 bits per heavy atom. The molecular formula is C26H28N2O4S2. The molecule has 3 aromatic rings. The van der Waals surface area contributed by atoms with Crippen LogP contribution < -0.4 is 15.5 Å². The Bertz CT molecular complexity index is 1150. The van der Waals surface area contributed by atoms with Crippen molar-refractivity contribution in [2.45, 2.75) is 42.8 Å². The summed E-state index contributed by atoms with van der Waals surface area (Å²) < 4.78 is 6.69. The van der Waals surface area contributed by atoms with Gasteiger partial charge < -0.3 is 10.1 Å². The number of carbonyl (C=O) groups is 2. The molecule has 0 radical (unpaired) electrons. The lowest BCUT2D eigenvalue weighted by Crippen LogP contribution is -2.30. The fraction of sp³-hybridized carbons (Fsp3) is 0.308. The van der Waals surface area contributed by atoms with Crippen LogP contribution in [0.5, 0.6) is 5.75 Å². The first-order chi connectivity index (χ1) is 16.6. The van der Waals surface area contributed by atoms with Crippen LogP contribution in [0.15, 0.2) is 58.8 Å². The van der Waals surface area contributed by atoms with Gasteiger partial charge in [-0.25, -0.2) is 5.48 Å². The molecule has 2 aromatic carbocycles. The summed E-state index contributed by atoms with van der Waals surface area (Å²) in [7, 11) is 0. The number of carbonyl (C=O) groups excluding carboxylic acids is 2. The normalized spacial score (nSPS) is 11.4. The van der Waals surface area contributed by atoms with Crippen molar-refractivity contribution < 1.29 is 19.5 Å². The Hall–Kier alpha value is -2.99. The van der Waals surface area contributed by atoms with E-state index in [1.165, 1.54) is 16.5 Å². The molecule has 8 heteroatoms. The van der Waals surface area contributed by atoms with Gasteiger partial charge in [0.05, 0.1) is 11.7 Å². The van der Waals surface area contributed by atoms with E-state index in [1.54, 1.807) is 23.7 Å². The van der Waals surface area contributed by atoms with Gasteiger partial charge in [-0.15, -0.1) is 29.0 Å².